The van der Waals surface area contributed by atoms with Gasteiger partial charge in [-0.15, -0.1) is 0 Å². The molecule has 0 saturated heterocycles. The van der Waals surface area contributed by atoms with E-state index in [1.807, 2.05) is 12.1 Å². The van der Waals surface area contributed by atoms with E-state index in [9.17, 15) is 0 Å². The van der Waals surface area contributed by atoms with Gasteiger partial charge in [-0.2, -0.15) is 10.5 Å². The molecule has 0 atom stereocenters. The minimum atomic E-state index is 0.288. The van der Waals surface area contributed by atoms with E-state index >= 15 is 0 Å². The summed E-state index contributed by atoms with van der Waals surface area (Å²) in [7, 11) is 0. The van der Waals surface area contributed by atoms with Crippen LogP contribution in [0.2, 0.25) is 0 Å². The molecule has 0 rings (SSSR count). The van der Waals surface area contributed by atoms with E-state index in [-0.39, 0.29) is 6.42 Å². The van der Waals surface area contributed by atoms with E-state index in [0.717, 1.165) is 0 Å². The first-order valence-corrected chi connectivity index (χ1v) is 3.32. The quantitative estimate of drug-likeness (QED) is 0.499. The summed E-state index contributed by atoms with van der Waals surface area (Å²) in [5.74, 6) is 0. The summed E-state index contributed by atoms with van der Waals surface area (Å²) >= 11 is 0. The third-order valence-electron chi connectivity index (χ3n) is 1.14. The monoisotopic (exact) mass is 159 g/mol. The van der Waals surface area contributed by atoms with Crippen LogP contribution in [0.15, 0.2) is 36.1 Å². The maximum Gasteiger partial charge on any atom is 0.101 e. The molecule has 0 fully saturated rings. The van der Waals surface area contributed by atoms with Gasteiger partial charge in [0.05, 0.1) is 18.1 Å². The maximum absolute atomic E-state index is 8.49. The molecule has 12 heavy (non-hydrogen) atoms. The lowest BCUT2D eigenvalue weighted by atomic mass is 10.2. The zero-order valence-corrected chi connectivity index (χ0v) is 6.62. The van der Waals surface area contributed by atoms with Crippen LogP contribution in [-0.4, -0.2) is 0 Å². The first-order chi connectivity index (χ1) is 5.76. The highest BCUT2D eigenvalue weighted by atomic mass is 14.6. The fourth-order valence-corrected chi connectivity index (χ4v) is 0.556. The average Bonchev–Trinajstić information content (AvgIpc) is 2.07. The van der Waals surface area contributed by atoms with E-state index in [1.54, 1.807) is 6.08 Å². The van der Waals surface area contributed by atoms with Gasteiger partial charge < -0.3 is 5.73 Å². The van der Waals surface area contributed by atoms with Crippen molar-refractivity contribution in [3.63, 3.8) is 0 Å². The number of nitriles is 2. The molecule has 0 aromatic heterocycles. The van der Waals surface area contributed by atoms with Crippen molar-refractivity contribution >= 4 is 0 Å². The Bertz CT molecular complexity index is 297. The van der Waals surface area contributed by atoms with Crippen LogP contribution < -0.4 is 5.73 Å². The van der Waals surface area contributed by atoms with E-state index in [1.165, 1.54) is 12.2 Å². The van der Waals surface area contributed by atoms with Crippen LogP contribution >= 0.6 is 0 Å². The number of allylic oxidation sites excluding steroid dienone is 4. The number of nitrogens with zero attached hydrogens (tertiary/aromatic N) is 2. The molecule has 0 saturated carbocycles. The molecule has 60 valence electrons. The molecule has 0 bridgehead atoms. The van der Waals surface area contributed by atoms with Gasteiger partial charge in [0.15, 0.2) is 0 Å². The number of rotatable bonds is 3. The molecule has 0 aromatic carbocycles. The molecule has 0 heterocycles. The SMILES string of the molecule is C=C/C(C#N)=C(N)\C=C/CC#N. The van der Waals surface area contributed by atoms with Gasteiger partial charge in [-0.25, -0.2) is 0 Å². The normalized spacial score (nSPS) is 11.5. The number of hydrogen-bond donors (Lipinski definition) is 1. The van der Waals surface area contributed by atoms with Crippen molar-refractivity contribution in [3.05, 3.63) is 36.1 Å². The molecule has 0 radical (unpaired) electrons. The molecule has 3 nitrogen and oxygen atoms in total. The summed E-state index contributed by atoms with van der Waals surface area (Å²) in [6.45, 7) is 3.42. The molecule has 0 aliphatic rings. The standard InChI is InChI=1S/C9H9N3/c1-2-8(7-11)9(12)5-3-4-6-10/h2-3,5H,1,4,12H2/b5-3-,9-8-. The molecule has 0 unspecified atom stereocenters. The third-order valence-corrected chi connectivity index (χ3v) is 1.14. The van der Waals surface area contributed by atoms with Gasteiger partial charge >= 0.3 is 0 Å². The lowest BCUT2D eigenvalue weighted by Crippen LogP contribution is -1.96. The molecule has 3 heteroatoms. The lowest BCUT2D eigenvalue weighted by Gasteiger charge is -1.92. The van der Waals surface area contributed by atoms with Gasteiger partial charge in [0, 0.05) is 5.70 Å². The van der Waals surface area contributed by atoms with Crippen molar-refractivity contribution in [1.82, 2.24) is 0 Å². The topological polar surface area (TPSA) is 73.6 Å². The smallest absolute Gasteiger partial charge is 0.101 e. The summed E-state index contributed by atoms with van der Waals surface area (Å²) in [5.41, 5.74) is 6.13. The fourth-order valence-electron chi connectivity index (χ4n) is 0.556. The highest BCUT2D eigenvalue weighted by Gasteiger charge is 1.92. The Morgan fingerprint density at radius 3 is 2.58 bits per heavy atom. The Morgan fingerprint density at radius 2 is 2.17 bits per heavy atom. The van der Waals surface area contributed by atoms with Crippen LogP contribution in [-0.2, 0) is 0 Å². The first-order valence-electron chi connectivity index (χ1n) is 3.32. The summed E-state index contributed by atoms with van der Waals surface area (Å²) in [6.07, 6.45) is 4.79. The van der Waals surface area contributed by atoms with Crippen LogP contribution in [0.4, 0.5) is 0 Å². The maximum atomic E-state index is 8.49. The summed E-state index contributed by atoms with van der Waals surface area (Å²) in [5, 5.41) is 16.7. The molecule has 0 aromatic rings. The van der Waals surface area contributed by atoms with Crippen molar-refractivity contribution in [1.29, 1.82) is 10.5 Å². The van der Waals surface area contributed by atoms with Gasteiger partial charge in [-0.05, 0) is 12.2 Å². The molecule has 0 amide bonds. The zero-order valence-electron chi connectivity index (χ0n) is 6.62. The third kappa shape index (κ3) is 3.24. The van der Waals surface area contributed by atoms with Crippen molar-refractivity contribution < 1.29 is 0 Å². The van der Waals surface area contributed by atoms with Crippen molar-refractivity contribution in [2.45, 2.75) is 6.42 Å². The number of nitrogens with two attached hydrogens (primary N) is 1. The molecule has 0 aliphatic heterocycles. The van der Waals surface area contributed by atoms with Crippen molar-refractivity contribution in [3.8, 4) is 12.1 Å². The Labute approximate surface area is 71.7 Å². The highest BCUT2D eigenvalue weighted by Crippen LogP contribution is 2.00. The Balaban J connectivity index is 4.48. The summed E-state index contributed by atoms with van der Waals surface area (Å²) in [6, 6.07) is 3.81. The highest BCUT2D eigenvalue weighted by molar-refractivity contribution is 5.40. The Morgan fingerprint density at radius 1 is 1.50 bits per heavy atom. The lowest BCUT2D eigenvalue weighted by molar-refractivity contribution is 1.31. The van der Waals surface area contributed by atoms with Gasteiger partial charge in [-0.1, -0.05) is 12.7 Å². The van der Waals surface area contributed by atoms with Crippen LogP contribution in [0.1, 0.15) is 6.42 Å². The Kier molecular flexibility index (Phi) is 4.80. The second kappa shape index (κ2) is 5.76. The summed E-state index contributed by atoms with van der Waals surface area (Å²) < 4.78 is 0. The average molecular weight is 159 g/mol. The predicted molar refractivity (Wildman–Crippen MR) is 46.4 cm³/mol. The molecular weight excluding hydrogens is 150 g/mol. The predicted octanol–water partition coefficient (Wildman–Crippen LogP) is 1.38. The van der Waals surface area contributed by atoms with Gasteiger partial charge in [0.25, 0.3) is 0 Å². The fraction of sp³-hybridized carbons (Fsp3) is 0.111. The zero-order chi connectivity index (χ0) is 9.40. The van der Waals surface area contributed by atoms with E-state index in [2.05, 4.69) is 6.58 Å². The second-order valence-corrected chi connectivity index (χ2v) is 1.95. The first kappa shape index (κ1) is 10.0. The minimum absolute atomic E-state index is 0.288. The van der Waals surface area contributed by atoms with E-state index in [0.29, 0.717) is 11.3 Å². The van der Waals surface area contributed by atoms with Gasteiger partial charge in [0.1, 0.15) is 6.07 Å². The van der Waals surface area contributed by atoms with Crippen molar-refractivity contribution in [2.75, 3.05) is 0 Å². The van der Waals surface area contributed by atoms with Crippen LogP contribution in [0.3, 0.4) is 0 Å². The van der Waals surface area contributed by atoms with E-state index in [4.69, 9.17) is 16.3 Å². The van der Waals surface area contributed by atoms with Gasteiger partial charge in [-0.3, -0.25) is 0 Å². The van der Waals surface area contributed by atoms with Crippen LogP contribution in [0.25, 0.3) is 0 Å². The van der Waals surface area contributed by atoms with Gasteiger partial charge in [0.2, 0.25) is 0 Å². The largest absolute Gasteiger partial charge is 0.398 e. The molecule has 0 aliphatic carbocycles. The van der Waals surface area contributed by atoms with Crippen LogP contribution in [0, 0.1) is 22.7 Å². The molecule has 2 N–H and O–H groups in total. The summed E-state index contributed by atoms with van der Waals surface area (Å²) in [4.78, 5) is 0. The molecular formula is C9H9N3. The minimum Gasteiger partial charge on any atom is -0.398 e. The van der Waals surface area contributed by atoms with Crippen LogP contribution in [0.5, 0.6) is 0 Å². The Hall–Kier alpha value is -2.00. The van der Waals surface area contributed by atoms with E-state index < -0.39 is 0 Å². The second-order valence-electron chi connectivity index (χ2n) is 1.95. The molecule has 0 spiro atoms. The van der Waals surface area contributed by atoms with Crippen molar-refractivity contribution in [2.24, 2.45) is 5.73 Å². The number of hydrogen-bond acceptors (Lipinski definition) is 3.